The number of rotatable bonds is 6. The number of hydrogen-bond donors (Lipinski definition) is 0. The number of halogens is 2. The zero-order valence-electron chi connectivity index (χ0n) is 15.2. The van der Waals surface area contributed by atoms with Gasteiger partial charge in [-0.3, -0.25) is 0 Å². The first-order valence-corrected chi connectivity index (χ1v) is 9.32. The predicted octanol–water partition coefficient (Wildman–Crippen LogP) is 6.24. The molecule has 140 valence electrons. The molecule has 5 heteroatoms. The first-order chi connectivity index (χ1) is 13.6. The van der Waals surface area contributed by atoms with Crippen molar-refractivity contribution in [3.05, 3.63) is 93.7 Å². The van der Waals surface area contributed by atoms with E-state index in [0.29, 0.717) is 28.1 Å². The van der Waals surface area contributed by atoms with Gasteiger partial charge in [0, 0.05) is 10.0 Å². The summed E-state index contributed by atoms with van der Waals surface area (Å²) in [5, 5.41) is 9.49. The lowest BCUT2D eigenvalue weighted by Crippen LogP contribution is -1.98. The zero-order valence-corrected chi connectivity index (χ0v) is 16.7. The van der Waals surface area contributed by atoms with Crippen LogP contribution in [-0.4, -0.2) is 7.11 Å². The highest BCUT2D eigenvalue weighted by atomic mass is 79.9. The largest absolute Gasteiger partial charge is 0.493 e. The van der Waals surface area contributed by atoms with Gasteiger partial charge in [0.25, 0.3) is 0 Å². The van der Waals surface area contributed by atoms with Crippen molar-refractivity contribution in [3.63, 3.8) is 0 Å². The third kappa shape index (κ3) is 4.59. The van der Waals surface area contributed by atoms with E-state index in [1.807, 2.05) is 30.3 Å². The molecule has 0 aliphatic heterocycles. The molecule has 3 aromatic rings. The minimum atomic E-state index is -0.443. The zero-order chi connectivity index (χ0) is 19.9. The van der Waals surface area contributed by atoms with Crippen LogP contribution in [0.2, 0.25) is 0 Å². The average molecular weight is 438 g/mol. The Labute approximate surface area is 171 Å². The highest BCUT2D eigenvalue weighted by molar-refractivity contribution is 9.10. The second kappa shape index (κ2) is 9.20. The van der Waals surface area contributed by atoms with Crippen molar-refractivity contribution in [2.45, 2.75) is 6.61 Å². The Hall–Kier alpha value is -3.10. The van der Waals surface area contributed by atoms with Crippen molar-refractivity contribution in [2.24, 2.45) is 0 Å². The number of benzene rings is 3. The van der Waals surface area contributed by atoms with Crippen LogP contribution in [0, 0.1) is 17.1 Å². The van der Waals surface area contributed by atoms with Crippen LogP contribution in [0.25, 0.3) is 11.6 Å². The molecule has 0 aliphatic rings. The van der Waals surface area contributed by atoms with Gasteiger partial charge in [0.05, 0.1) is 18.8 Å². The van der Waals surface area contributed by atoms with Crippen molar-refractivity contribution in [1.82, 2.24) is 0 Å². The lowest BCUT2D eigenvalue weighted by molar-refractivity contribution is 0.284. The summed E-state index contributed by atoms with van der Waals surface area (Å²) in [5.41, 5.74) is 2.19. The standard InChI is InChI=1S/C23H17BrFNO2/c1-27-22-12-17(11-18(14-26)19-9-5-6-10-21(19)25)20(24)13-23(22)28-15-16-7-3-2-4-8-16/h2-13H,15H2,1H3. The number of nitrogens with zero attached hydrogens (tertiary/aromatic N) is 1. The summed E-state index contributed by atoms with van der Waals surface area (Å²) in [6.07, 6.45) is 1.62. The van der Waals surface area contributed by atoms with Crippen molar-refractivity contribution >= 4 is 27.6 Å². The summed E-state index contributed by atoms with van der Waals surface area (Å²) >= 11 is 3.50. The molecule has 0 amide bonds. The van der Waals surface area contributed by atoms with E-state index >= 15 is 0 Å². The molecule has 0 fully saturated rings. The predicted molar refractivity (Wildman–Crippen MR) is 111 cm³/mol. The van der Waals surface area contributed by atoms with Gasteiger partial charge in [-0.25, -0.2) is 4.39 Å². The van der Waals surface area contributed by atoms with Gasteiger partial charge < -0.3 is 9.47 Å². The first-order valence-electron chi connectivity index (χ1n) is 8.53. The van der Waals surface area contributed by atoms with E-state index in [2.05, 4.69) is 22.0 Å². The monoisotopic (exact) mass is 437 g/mol. The van der Waals surface area contributed by atoms with Crippen LogP contribution in [0.15, 0.2) is 71.2 Å². The summed E-state index contributed by atoms with van der Waals surface area (Å²) in [5.74, 6) is 0.650. The van der Waals surface area contributed by atoms with Gasteiger partial charge in [-0.05, 0) is 35.4 Å². The van der Waals surface area contributed by atoms with E-state index in [-0.39, 0.29) is 11.1 Å². The maximum absolute atomic E-state index is 14.1. The lowest BCUT2D eigenvalue weighted by Gasteiger charge is -2.13. The summed E-state index contributed by atoms with van der Waals surface area (Å²) in [6, 6.07) is 21.6. The minimum Gasteiger partial charge on any atom is -0.493 e. The van der Waals surface area contributed by atoms with Crippen molar-refractivity contribution in [3.8, 4) is 17.6 Å². The van der Waals surface area contributed by atoms with E-state index in [0.717, 1.165) is 5.56 Å². The maximum Gasteiger partial charge on any atom is 0.162 e. The lowest BCUT2D eigenvalue weighted by atomic mass is 10.0. The Morgan fingerprint density at radius 1 is 1.07 bits per heavy atom. The van der Waals surface area contributed by atoms with Crippen molar-refractivity contribution in [2.75, 3.05) is 7.11 Å². The third-order valence-corrected chi connectivity index (χ3v) is 4.79. The van der Waals surface area contributed by atoms with Gasteiger partial charge in [-0.1, -0.05) is 64.5 Å². The molecule has 0 heterocycles. The molecule has 3 aromatic carbocycles. The molecule has 0 unspecified atom stereocenters. The van der Waals surface area contributed by atoms with Gasteiger partial charge in [0.15, 0.2) is 11.5 Å². The Kier molecular flexibility index (Phi) is 6.46. The molecule has 0 spiro atoms. The fourth-order valence-electron chi connectivity index (χ4n) is 2.67. The molecule has 0 saturated heterocycles. The Balaban J connectivity index is 1.92. The van der Waals surface area contributed by atoms with Crippen LogP contribution in [0.1, 0.15) is 16.7 Å². The van der Waals surface area contributed by atoms with Gasteiger partial charge in [-0.2, -0.15) is 5.26 Å². The summed E-state index contributed by atoms with van der Waals surface area (Å²) < 4.78 is 26.1. The summed E-state index contributed by atoms with van der Waals surface area (Å²) in [4.78, 5) is 0. The van der Waals surface area contributed by atoms with Crippen LogP contribution in [0.4, 0.5) is 4.39 Å². The van der Waals surface area contributed by atoms with Gasteiger partial charge in [0.2, 0.25) is 0 Å². The molecule has 0 aliphatic carbocycles. The quantitative estimate of drug-likeness (QED) is 0.338. The second-order valence-electron chi connectivity index (χ2n) is 5.95. The molecular formula is C23H17BrFNO2. The smallest absolute Gasteiger partial charge is 0.162 e. The Morgan fingerprint density at radius 3 is 2.46 bits per heavy atom. The maximum atomic E-state index is 14.1. The third-order valence-electron chi connectivity index (χ3n) is 4.10. The molecule has 0 N–H and O–H groups in total. The second-order valence-corrected chi connectivity index (χ2v) is 6.80. The molecule has 0 bridgehead atoms. The van der Waals surface area contributed by atoms with Crippen molar-refractivity contribution < 1.29 is 13.9 Å². The van der Waals surface area contributed by atoms with Crippen LogP contribution in [0.3, 0.4) is 0 Å². The molecule has 0 radical (unpaired) electrons. The van der Waals surface area contributed by atoms with Gasteiger partial charge in [-0.15, -0.1) is 0 Å². The number of allylic oxidation sites excluding steroid dienone is 1. The number of ether oxygens (including phenoxy) is 2. The molecular weight excluding hydrogens is 421 g/mol. The van der Waals surface area contributed by atoms with E-state index in [9.17, 15) is 9.65 Å². The molecule has 0 atom stereocenters. The van der Waals surface area contributed by atoms with Crippen LogP contribution in [-0.2, 0) is 6.61 Å². The molecule has 28 heavy (non-hydrogen) atoms. The Morgan fingerprint density at radius 2 is 1.79 bits per heavy atom. The normalized spacial score (nSPS) is 11.0. The SMILES string of the molecule is COc1cc(C=C(C#N)c2ccccc2F)c(Br)cc1OCc1ccccc1. The van der Waals surface area contributed by atoms with Crippen LogP contribution in [0.5, 0.6) is 11.5 Å². The fraction of sp³-hybridized carbons (Fsp3) is 0.0870. The van der Waals surface area contributed by atoms with E-state index in [1.54, 1.807) is 43.5 Å². The summed E-state index contributed by atoms with van der Waals surface area (Å²) in [6.45, 7) is 0.400. The number of nitriles is 1. The minimum absolute atomic E-state index is 0.221. The average Bonchev–Trinajstić information content (AvgIpc) is 2.73. The molecule has 0 aromatic heterocycles. The van der Waals surface area contributed by atoms with Gasteiger partial charge >= 0.3 is 0 Å². The van der Waals surface area contributed by atoms with E-state index < -0.39 is 5.82 Å². The summed E-state index contributed by atoms with van der Waals surface area (Å²) in [7, 11) is 1.55. The highest BCUT2D eigenvalue weighted by Gasteiger charge is 2.12. The number of methoxy groups -OCH3 is 1. The van der Waals surface area contributed by atoms with E-state index in [1.165, 1.54) is 6.07 Å². The first kappa shape index (κ1) is 19.7. The number of hydrogen-bond acceptors (Lipinski definition) is 3. The van der Waals surface area contributed by atoms with E-state index in [4.69, 9.17) is 9.47 Å². The van der Waals surface area contributed by atoms with Crippen molar-refractivity contribution in [1.29, 1.82) is 5.26 Å². The topological polar surface area (TPSA) is 42.2 Å². The van der Waals surface area contributed by atoms with Gasteiger partial charge in [0.1, 0.15) is 12.4 Å². The molecule has 3 rings (SSSR count). The van der Waals surface area contributed by atoms with Crippen LogP contribution < -0.4 is 9.47 Å². The Bertz CT molecular complexity index is 1040. The highest BCUT2D eigenvalue weighted by Crippen LogP contribution is 2.36. The molecule has 0 saturated carbocycles. The van der Waals surface area contributed by atoms with Crippen LogP contribution >= 0.6 is 15.9 Å². The molecule has 3 nitrogen and oxygen atoms in total. The fourth-order valence-corrected chi connectivity index (χ4v) is 3.11.